The van der Waals surface area contributed by atoms with E-state index in [2.05, 4.69) is 11.2 Å². The highest BCUT2D eigenvalue weighted by Crippen LogP contribution is 2.26. The second-order valence-corrected chi connectivity index (χ2v) is 8.63. The molecule has 0 N–H and O–H groups in total. The number of rotatable bonds is 6. The summed E-state index contributed by atoms with van der Waals surface area (Å²) in [6.45, 7) is 5.26. The number of carbonyl (C=O) groups is 1. The van der Waals surface area contributed by atoms with E-state index in [1.165, 1.54) is 4.68 Å². The monoisotopic (exact) mass is 419 g/mol. The maximum atomic E-state index is 13.7. The molecule has 1 aliphatic heterocycles. The molecule has 6 nitrogen and oxygen atoms in total. The van der Waals surface area contributed by atoms with E-state index in [-0.39, 0.29) is 23.4 Å². The van der Waals surface area contributed by atoms with E-state index in [0.717, 1.165) is 30.6 Å². The molecule has 1 amide bonds. The summed E-state index contributed by atoms with van der Waals surface area (Å²) in [5.41, 5.74) is 1.37. The Morgan fingerprint density at radius 3 is 2.68 bits per heavy atom. The van der Waals surface area contributed by atoms with E-state index in [1.54, 1.807) is 13.2 Å². The third kappa shape index (κ3) is 4.33. The number of nitrogens with zero attached hydrogens (tertiary/aromatic N) is 3. The number of hydrogen-bond acceptors (Lipinski definition) is 4. The van der Waals surface area contributed by atoms with E-state index in [0.29, 0.717) is 29.6 Å². The number of amides is 1. The van der Waals surface area contributed by atoms with Crippen LogP contribution in [0.4, 0.5) is 0 Å². The number of methoxy groups -OCH3 is 1. The molecule has 6 heteroatoms. The van der Waals surface area contributed by atoms with Crippen molar-refractivity contribution in [2.24, 2.45) is 5.92 Å². The summed E-state index contributed by atoms with van der Waals surface area (Å²) < 4.78 is 6.80. The molecule has 1 saturated heterocycles. The lowest BCUT2D eigenvalue weighted by molar-refractivity contribution is 0.0729. The molecule has 2 heterocycles. The standard InChI is InChI=1S/C25H29N3O3/c1-17(2)16-28-24(29)22-12-5-4-11-21(22)23(26-28)25(30)27-13-7-9-19(27)14-18-8-6-10-20(15-18)31-3/h4-6,8,10-12,15,17,19H,7,9,13-14,16H2,1-3H3. The molecule has 1 fully saturated rings. The number of ether oxygens (including phenoxy) is 1. The average Bonchev–Trinajstić information content (AvgIpc) is 3.23. The van der Waals surface area contributed by atoms with Gasteiger partial charge in [0.15, 0.2) is 5.69 Å². The zero-order valence-corrected chi connectivity index (χ0v) is 18.4. The van der Waals surface area contributed by atoms with Gasteiger partial charge in [-0.3, -0.25) is 9.59 Å². The quantitative estimate of drug-likeness (QED) is 0.608. The number of hydrogen-bond donors (Lipinski definition) is 0. The average molecular weight is 420 g/mol. The van der Waals surface area contributed by atoms with Gasteiger partial charge in [-0.25, -0.2) is 4.68 Å². The molecule has 0 saturated carbocycles. The van der Waals surface area contributed by atoms with Crippen molar-refractivity contribution in [2.75, 3.05) is 13.7 Å². The predicted molar refractivity (Wildman–Crippen MR) is 122 cm³/mol. The second-order valence-electron chi connectivity index (χ2n) is 8.63. The van der Waals surface area contributed by atoms with Gasteiger partial charge in [0.25, 0.3) is 11.5 Å². The highest BCUT2D eigenvalue weighted by atomic mass is 16.5. The van der Waals surface area contributed by atoms with Crippen molar-refractivity contribution in [1.29, 1.82) is 0 Å². The van der Waals surface area contributed by atoms with Crippen LogP contribution in [0.3, 0.4) is 0 Å². The lowest BCUT2D eigenvalue weighted by Gasteiger charge is -2.25. The van der Waals surface area contributed by atoms with Crippen molar-refractivity contribution < 1.29 is 9.53 Å². The van der Waals surface area contributed by atoms with Gasteiger partial charge < -0.3 is 9.64 Å². The molecule has 1 unspecified atom stereocenters. The third-order valence-corrected chi connectivity index (χ3v) is 5.85. The SMILES string of the molecule is COc1cccc(CC2CCCN2C(=O)c2nn(CC(C)C)c(=O)c3ccccc23)c1. The Bertz CT molecular complexity index is 1150. The Balaban J connectivity index is 1.69. The summed E-state index contributed by atoms with van der Waals surface area (Å²) in [5.74, 6) is 0.975. The molecule has 1 aliphatic rings. The first-order chi connectivity index (χ1) is 15.0. The molecule has 0 spiro atoms. The van der Waals surface area contributed by atoms with Gasteiger partial charge in [0.05, 0.1) is 12.5 Å². The van der Waals surface area contributed by atoms with E-state index >= 15 is 0 Å². The van der Waals surface area contributed by atoms with Crippen molar-refractivity contribution in [3.63, 3.8) is 0 Å². The molecule has 2 aromatic carbocycles. The topological polar surface area (TPSA) is 64.4 Å². The molecule has 0 bridgehead atoms. The summed E-state index contributed by atoms with van der Waals surface area (Å²) in [6, 6.07) is 15.4. The molecular formula is C25H29N3O3. The molecule has 162 valence electrons. The Morgan fingerprint density at radius 1 is 1.16 bits per heavy atom. The van der Waals surface area contributed by atoms with Crippen LogP contribution >= 0.6 is 0 Å². The number of benzene rings is 2. The van der Waals surface area contributed by atoms with Gasteiger partial charge >= 0.3 is 0 Å². The van der Waals surface area contributed by atoms with Gasteiger partial charge in [0.2, 0.25) is 0 Å². The first-order valence-electron chi connectivity index (χ1n) is 10.9. The number of fused-ring (bicyclic) bond motifs is 1. The first-order valence-corrected chi connectivity index (χ1v) is 10.9. The summed E-state index contributed by atoms with van der Waals surface area (Å²) in [5, 5.41) is 5.72. The molecule has 0 aliphatic carbocycles. The van der Waals surface area contributed by atoms with Crippen molar-refractivity contribution in [3.05, 3.63) is 70.1 Å². The van der Waals surface area contributed by atoms with Crippen LogP contribution < -0.4 is 10.3 Å². The zero-order valence-electron chi connectivity index (χ0n) is 18.4. The Labute approximate surface area is 182 Å². The minimum atomic E-state index is -0.143. The Morgan fingerprint density at radius 2 is 1.94 bits per heavy atom. The highest BCUT2D eigenvalue weighted by molar-refractivity contribution is 6.05. The van der Waals surface area contributed by atoms with Crippen LogP contribution in [0, 0.1) is 5.92 Å². The summed E-state index contributed by atoms with van der Waals surface area (Å²) >= 11 is 0. The first kappa shape index (κ1) is 21.1. The van der Waals surface area contributed by atoms with E-state index in [1.807, 2.05) is 55.1 Å². The summed E-state index contributed by atoms with van der Waals surface area (Å²) in [4.78, 5) is 28.5. The molecule has 3 aromatic rings. The largest absolute Gasteiger partial charge is 0.497 e. The van der Waals surface area contributed by atoms with Crippen molar-refractivity contribution >= 4 is 16.7 Å². The van der Waals surface area contributed by atoms with Gasteiger partial charge in [-0.05, 0) is 48.9 Å². The number of carbonyl (C=O) groups excluding carboxylic acids is 1. The third-order valence-electron chi connectivity index (χ3n) is 5.85. The maximum absolute atomic E-state index is 13.7. The van der Waals surface area contributed by atoms with Gasteiger partial charge in [0, 0.05) is 24.5 Å². The smallest absolute Gasteiger partial charge is 0.275 e. The zero-order chi connectivity index (χ0) is 22.0. The van der Waals surface area contributed by atoms with Gasteiger partial charge in [-0.1, -0.05) is 44.2 Å². The number of likely N-dealkylation sites (tertiary alicyclic amines) is 1. The molecule has 0 radical (unpaired) electrons. The minimum absolute atomic E-state index is 0.0981. The van der Waals surface area contributed by atoms with E-state index in [9.17, 15) is 9.59 Å². The highest BCUT2D eigenvalue weighted by Gasteiger charge is 2.32. The van der Waals surface area contributed by atoms with Crippen LogP contribution in [0.25, 0.3) is 10.8 Å². The molecule has 1 aromatic heterocycles. The Kier molecular flexibility index (Phi) is 6.07. The fourth-order valence-electron chi connectivity index (χ4n) is 4.39. The lowest BCUT2D eigenvalue weighted by atomic mass is 10.0. The molecular weight excluding hydrogens is 390 g/mol. The maximum Gasteiger partial charge on any atom is 0.275 e. The van der Waals surface area contributed by atoms with Crippen LogP contribution in [0.15, 0.2) is 53.3 Å². The van der Waals surface area contributed by atoms with Crippen LogP contribution in [0.1, 0.15) is 42.7 Å². The fourth-order valence-corrected chi connectivity index (χ4v) is 4.39. The van der Waals surface area contributed by atoms with E-state index in [4.69, 9.17) is 4.74 Å². The normalized spacial score (nSPS) is 16.3. The predicted octanol–water partition coefficient (Wildman–Crippen LogP) is 3.91. The van der Waals surface area contributed by atoms with Crippen LogP contribution in [0.5, 0.6) is 5.75 Å². The second kappa shape index (κ2) is 8.92. The molecule has 1 atom stereocenters. The van der Waals surface area contributed by atoms with Gasteiger partial charge in [-0.2, -0.15) is 5.10 Å². The molecule has 31 heavy (non-hydrogen) atoms. The fraction of sp³-hybridized carbons (Fsp3) is 0.400. The van der Waals surface area contributed by atoms with Crippen LogP contribution in [0.2, 0.25) is 0 Å². The summed E-state index contributed by atoms with van der Waals surface area (Å²) in [6.07, 6.45) is 2.68. The van der Waals surface area contributed by atoms with Gasteiger partial charge in [0.1, 0.15) is 5.75 Å². The van der Waals surface area contributed by atoms with Crippen LogP contribution in [-0.2, 0) is 13.0 Å². The van der Waals surface area contributed by atoms with Crippen molar-refractivity contribution in [1.82, 2.24) is 14.7 Å². The Hall–Kier alpha value is -3.15. The minimum Gasteiger partial charge on any atom is -0.497 e. The number of aromatic nitrogens is 2. The van der Waals surface area contributed by atoms with Gasteiger partial charge in [-0.15, -0.1) is 0 Å². The lowest BCUT2D eigenvalue weighted by Crippen LogP contribution is -2.39. The summed E-state index contributed by atoms with van der Waals surface area (Å²) in [7, 11) is 1.66. The van der Waals surface area contributed by atoms with E-state index < -0.39 is 0 Å². The van der Waals surface area contributed by atoms with Crippen molar-refractivity contribution in [2.45, 2.75) is 45.7 Å². The van der Waals surface area contributed by atoms with Crippen LogP contribution in [-0.4, -0.2) is 40.3 Å². The molecule has 4 rings (SSSR count). The van der Waals surface area contributed by atoms with Crippen molar-refractivity contribution in [3.8, 4) is 5.75 Å².